The van der Waals surface area contributed by atoms with Crippen molar-refractivity contribution >= 4 is 5.84 Å². The molecule has 148 valence electrons. The third kappa shape index (κ3) is 4.65. The number of amidine groups is 1. The molecule has 0 saturated heterocycles. The molecule has 1 N–H and O–H groups in total. The molecule has 1 aliphatic heterocycles. The molecule has 1 heterocycles. The van der Waals surface area contributed by atoms with Gasteiger partial charge in [-0.3, -0.25) is 9.73 Å². The van der Waals surface area contributed by atoms with Gasteiger partial charge in [-0.15, -0.1) is 0 Å². The Hall–Kier alpha value is -1.31. The molecule has 1 aliphatic rings. The van der Waals surface area contributed by atoms with Crippen molar-refractivity contribution < 1.29 is 53.4 Å². The van der Waals surface area contributed by atoms with E-state index in [1.165, 1.54) is 0 Å². The van der Waals surface area contributed by atoms with Crippen molar-refractivity contribution in [1.82, 2.24) is 5.32 Å². The summed E-state index contributed by atoms with van der Waals surface area (Å²) in [6, 6.07) is 0. The Balaban J connectivity index is 3.28. The zero-order chi connectivity index (χ0) is 19.7. The van der Waals surface area contributed by atoms with Gasteiger partial charge >= 0.3 is 24.3 Å². The van der Waals surface area contributed by atoms with Gasteiger partial charge in [0.25, 0.3) is 5.85 Å². The quantitative estimate of drug-likeness (QED) is 0.673. The summed E-state index contributed by atoms with van der Waals surface area (Å²) in [5.41, 5.74) is 0. The average molecular weight is 394 g/mol. The Morgan fingerprint density at radius 2 is 1.56 bits per heavy atom. The Morgan fingerprint density at radius 1 is 1.00 bits per heavy atom. The Labute approximate surface area is 134 Å². The number of ether oxygens (including phenoxy) is 2. The van der Waals surface area contributed by atoms with Gasteiger partial charge in [0.1, 0.15) is 6.42 Å². The lowest BCUT2D eigenvalue weighted by atomic mass is 10.1. The highest BCUT2D eigenvalue weighted by molar-refractivity contribution is 5.90. The van der Waals surface area contributed by atoms with E-state index in [1.807, 2.05) is 5.32 Å². The molecule has 0 saturated carbocycles. The maximum absolute atomic E-state index is 14.4. The zero-order valence-corrected chi connectivity index (χ0v) is 12.4. The van der Waals surface area contributed by atoms with Crippen LogP contribution in [-0.2, 0) is 9.47 Å². The number of halogens is 10. The summed E-state index contributed by atoms with van der Waals surface area (Å²) >= 11 is 0. The molecule has 25 heavy (non-hydrogen) atoms. The molecule has 4 nitrogen and oxygen atoms in total. The van der Waals surface area contributed by atoms with E-state index in [-0.39, 0.29) is 13.1 Å². The molecule has 14 heteroatoms. The molecular weight excluding hydrogens is 382 g/mol. The molecule has 2 unspecified atom stereocenters. The van der Waals surface area contributed by atoms with Crippen molar-refractivity contribution in [3.05, 3.63) is 0 Å². The molecule has 0 fully saturated rings. The van der Waals surface area contributed by atoms with Crippen molar-refractivity contribution in [3.63, 3.8) is 0 Å². The van der Waals surface area contributed by atoms with Crippen LogP contribution in [-0.4, -0.2) is 55.7 Å². The van der Waals surface area contributed by atoms with Gasteiger partial charge in [0.2, 0.25) is 0 Å². The molecule has 0 aliphatic carbocycles. The van der Waals surface area contributed by atoms with E-state index in [2.05, 4.69) is 14.5 Å². The van der Waals surface area contributed by atoms with Crippen LogP contribution in [0.15, 0.2) is 4.99 Å². The fraction of sp³-hybridized carbons (Fsp3) is 0.909. The zero-order valence-electron chi connectivity index (χ0n) is 12.4. The minimum atomic E-state index is -6.43. The normalized spacial score (nSPS) is 21.3. The average Bonchev–Trinajstić information content (AvgIpc) is 2.88. The Morgan fingerprint density at radius 3 is 1.92 bits per heavy atom. The lowest BCUT2D eigenvalue weighted by Crippen LogP contribution is -2.62. The van der Waals surface area contributed by atoms with Gasteiger partial charge in [-0.2, -0.15) is 39.5 Å². The molecule has 0 amide bonds. The van der Waals surface area contributed by atoms with Gasteiger partial charge in [-0.25, -0.2) is 4.39 Å². The summed E-state index contributed by atoms with van der Waals surface area (Å²) in [7, 11) is 0. The maximum Gasteiger partial charge on any atom is 0.457 e. The van der Waals surface area contributed by atoms with Crippen LogP contribution in [0.2, 0.25) is 0 Å². The van der Waals surface area contributed by atoms with Crippen molar-refractivity contribution in [3.8, 4) is 0 Å². The second-order valence-electron chi connectivity index (χ2n) is 4.82. The fourth-order valence-corrected chi connectivity index (χ4v) is 1.87. The molecule has 0 aromatic rings. The second kappa shape index (κ2) is 6.78. The predicted octanol–water partition coefficient (Wildman–Crippen LogP) is 3.48. The van der Waals surface area contributed by atoms with E-state index in [1.54, 1.807) is 0 Å². The van der Waals surface area contributed by atoms with Gasteiger partial charge in [0, 0.05) is 13.2 Å². The molecule has 0 radical (unpaired) electrons. The topological polar surface area (TPSA) is 42.9 Å². The molecule has 0 aromatic heterocycles. The largest absolute Gasteiger partial charge is 0.457 e. The van der Waals surface area contributed by atoms with E-state index < -0.39 is 49.0 Å². The highest BCUT2D eigenvalue weighted by Gasteiger charge is 2.76. The Bertz CT molecular complexity index is 506. The number of hydrogen-bond acceptors (Lipinski definition) is 4. The van der Waals surface area contributed by atoms with Gasteiger partial charge in [0.05, 0.1) is 6.54 Å². The van der Waals surface area contributed by atoms with E-state index in [4.69, 9.17) is 0 Å². The summed E-state index contributed by atoms with van der Waals surface area (Å²) in [4.78, 5) is 3.09. The molecule has 0 spiro atoms. The van der Waals surface area contributed by atoms with Crippen molar-refractivity contribution in [2.45, 2.75) is 43.5 Å². The fourth-order valence-electron chi connectivity index (χ4n) is 1.87. The van der Waals surface area contributed by atoms with Gasteiger partial charge in [-0.05, 0) is 6.92 Å². The van der Waals surface area contributed by atoms with E-state index >= 15 is 0 Å². The lowest BCUT2D eigenvalue weighted by molar-refractivity contribution is -0.478. The third-order valence-electron chi connectivity index (χ3n) is 2.83. The maximum atomic E-state index is 14.4. The number of hydrogen-bond donors (Lipinski definition) is 1. The number of rotatable bonds is 7. The first kappa shape index (κ1) is 21.7. The Kier molecular flexibility index (Phi) is 5.89. The summed E-state index contributed by atoms with van der Waals surface area (Å²) in [5.74, 6) is -11.9. The minimum absolute atomic E-state index is 0.278. The summed E-state index contributed by atoms with van der Waals surface area (Å²) in [6.45, 7) is -1.18. The highest BCUT2D eigenvalue weighted by atomic mass is 19.4. The molecule has 0 bridgehead atoms. The number of alkyl halides is 10. The van der Waals surface area contributed by atoms with E-state index in [0.717, 1.165) is 0 Å². The smallest absolute Gasteiger partial charge is 0.367 e. The molecule has 0 aromatic carbocycles. The summed E-state index contributed by atoms with van der Waals surface area (Å²) < 4.78 is 137. The molecular formula is C11H12F10N2O2. The third-order valence-corrected chi connectivity index (χ3v) is 2.83. The SMILES string of the molecule is CCOC(F)(C(F)(F)F)C(F)(F)OC(F)(CC(F)(F)F)C1=NCCN1. The van der Waals surface area contributed by atoms with E-state index in [0.29, 0.717) is 6.92 Å². The van der Waals surface area contributed by atoms with Crippen LogP contribution >= 0.6 is 0 Å². The van der Waals surface area contributed by atoms with Crippen LogP contribution in [0.25, 0.3) is 0 Å². The van der Waals surface area contributed by atoms with Crippen LogP contribution in [0.1, 0.15) is 13.3 Å². The molecule has 2 atom stereocenters. The van der Waals surface area contributed by atoms with Gasteiger partial charge in [-0.1, -0.05) is 0 Å². The van der Waals surface area contributed by atoms with Crippen LogP contribution < -0.4 is 5.32 Å². The lowest BCUT2D eigenvalue weighted by Gasteiger charge is -2.37. The van der Waals surface area contributed by atoms with Gasteiger partial charge < -0.3 is 10.1 Å². The number of nitrogens with zero attached hydrogens (tertiary/aromatic N) is 1. The summed E-state index contributed by atoms with van der Waals surface area (Å²) in [5, 5.41) is 1.84. The van der Waals surface area contributed by atoms with Crippen LogP contribution in [0, 0.1) is 0 Å². The monoisotopic (exact) mass is 394 g/mol. The predicted molar refractivity (Wildman–Crippen MR) is 62.4 cm³/mol. The number of aliphatic imine (C=N–C) groups is 1. The van der Waals surface area contributed by atoms with Crippen molar-refractivity contribution in [1.29, 1.82) is 0 Å². The van der Waals surface area contributed by atoms with Crippen LogP contribution in [0.3, 0.4) is 0 Å². The van der Waals surface area contributed by atoms with Crippen molar-refractivity contribution in [2.75, 3.05) is 19.7 Å². The summed E-state index contributed by atoms with van der Waals surface area (Å²) in [6.07, 6.45) is -20.9. The first-order chi connectivity index (χ1) is 11.1. The number of nitrogens with one attached hydrogen (secondary N) is 1. The second-order valence-corrected chi connectivity index (χ2v) is 4.82. The first-order valence-corrected chi connectivity index (χ1v) is 6.60. The molecule has 1 rings (SSSR count). The minimum Gasteiger partial charge on any atom is -0.367 e. The highest BCUT2D eigenvalue weighted by Crippen LogP contribution is 2.49. The van der Waals surface area contributed by atoms with E-state index in [9.17, 15) is 43.9 Å². The van der Waals surface area contributed by atoms with Crippen LogP contribution in [0.4, 0.5) is 43.9 Å². The van der Waals surface area contributed by atoms with Crippen molar-refractivity contribution in [2.24, 2.45) is 4.99 Å². The van der Waals surface area contributed by atoms with Crippen LogP contribution in [0.5, 0.6) is 0 Å². The van der Waals surface area contributed by atoms with Gasteiger partial charge in [0.15, 0.2) is 5.84 Å². The first-order valence-electron chi connectivity index (χ1n) is 6.60. The standard InChI is InChI=1S/C11H12F10N2O2/c1-2-24-9(16,10(17,18)19)11(20,21)25-7(12,5-8(13,14)15)6-22-3-4-23-6/h2-5H2,1H3,(H,22,23).